The Bertz CT molecular complexity index is 2430. The van der Waals surface area contributed by atoms with Gasteiger partial charge in [0.15, 0.2) is 0 Å². The maximum atomic E-state index is 4.06. The van der Waals surface area contributed by atoms with Gasteiger partial charge in [0.2, 0.25) is 0 Å². The van der Waals surface area contributed by atoms with Gasteiger partial charge in [-0.2, -0.15) is 0 Å². The summed E-state index contributed by atoms with van der Waals surface area (Å²) in [4.78, 5) is 0. The topological polar surface area (TPSA) is 0 Å². The van der Waals surface area contributed by atoms with Gasteiger partial charge in [0, 0.05) is 0 Å². The predicted molar refractivity (Wildman–Crippen MR) is 209 cm³/mol. The lowest BCUT2D eigenvalue weighted by Gasteiger charge is -2.19. The average Bonchev–Trinajstić information content (AvgIpc) is 3.17. The molecule has 8 aromatic rings. The van der Waals surface area contributed by atoms with Gasteiger partial charge >= 0.3 is 0 Å². The Kier molecular flexibility index (Phi) is 7.61. The molecule has 226 valence electrons. The fourth-order valence-electron chi connectivity index (χ4n) is 7.02. The largest absolute Gasteiger partial charge is 0.0984 e. The highest BCUT2D eigenvalue weighted by atomic mass is 14.2. The molecule has 0 aliphatic heterocycles. The van der Waals surface area contributed by atoms with E-state index in [-0.39, 0.29) is 0 Å². The van der Waals surface area contributed by atoms with E-state index in [0.717, 1.165) is 16.7 Å². The van der Waals surface area contributed by atoms with Crippen molar-refractivity contribution in [1.29, 1.82) is 0 Å². The van der Waals surface area contributed by atoms with Crippen LogP contribution in [0.3, 0.4) is 0 Å². The van der Waals surface area contributed by atoms with E-state index in [9.17, 15) is 0 Å². The molecule has 0 aliphatic rings. The first-order valence-electron chi connectivity index (χ1n) is 16.4. The second kappa shape index (κ2) is 12.5. The first kappa shape index (κ1) is 29.2. The first-order chi connectivity index (χ1) is 23.7. The number of rotatable bonds is 7. The minimum Gasteiger partial charge on any atom is -0.0984 e. The summed E-state index contributed by atoms with van der Waals surface area (Å²) in [5.74, 6) is 0. The van der Waals surface area contributed by atoms with Crippen LogP contribution in [-0.4, -0.2) is 0 Å². The third-order valence-electron chi connectivity index (χ3n) is 9.45. The monoisotopic (exact) mass is 610 g/mol. The van der Waals surface area contributed by atoms with Crippen molar-refractivity contribution in [3.8, 4) is 55.6 Å². The Balaban J connectivity index is 1.38. The molecule has 0 amide bonds. The van der Waals surface area contributed by atoms with Crippen LogP contribution in [-0.2, 0) is 0 Å². The number of benzene rings is 8. The molecule has 0 spiro atoms. The summed E-state index contributed by atoms with van der Waals surface area (Å²) in [7, 11) is 0. The maximum absolute atomic E-state index is 4.06. The smallest absolute Gasteiger partial charge is 0.00261 e. The van der Waals surface area contributed by atoms with Gasteiger partial charge in [0.25, 0.3) is 0 Å². The molecular formula is C48H34. The van der Waals surface area contributed by atoms with E-state index in [0.29, 0.717) is 0 Å². The molecule has 0 bridgehead atoms. The van der Waals surface area contributed by atoms with E-state index in [2.05, 4.69) is 183 Å². The van der Waals surface area contributed by atoms with Crippen LogP contribution in [0.4, 0.5) is 0 Å². The molecule has 8 aromatic carbocycles. The fourth-order valence-corrected chi connectivity index (χ4v) is 7.02. The minimum absolute atomic E-state index is 1.08. The predicted octanol–water partition coefficient (Wildman–Crippen LogP) is 13.6. The number of hydrogen-bond donors (Lipinski definition) is 0. The SMILES string of the molecule is C=Cc1ccc(-c2ccc3c(-c4ccc(-c5ccccc5)cc4)c4ccccc4c(-c4ccc(-c5ccccc5)cc4)c3c2)cc1C=C. The van der Waals surface area contributed by atoms with Crippen LogP contribution in [0.1, 0.15) is 11.1 Å². The molecule has 8 rings (SSSR count). The van der Waals surface area contributed by atoms with Gasteiger partial charge in [0.1, 0.15) is 0 Å². The number of hydrogen-bond acceptors (Lipinski definition) is 0. The van der Waals surface area contributed by atoms with Gasteiger partial charge in [-0.3, -0.25) is 0 Å². The second-order valence-corrected chi connectivity index (χ2v) is 12.2. The molecular weight excluding hydrogens is 577 g/mol. The van der Waals surface area contributed by atoms with E-state index in [1.165, 1.54) is 71.6 Å². The zero-order chi connectivity index (χ0) is 32.5. The van der Waals surface area contributed by atoms with Crippen molar-refractivity contribution in [2.24, 2.45) is 0 Å². The molecule has 0 N–H and O–H groups in total. The van der Waals surface area contributed by atoms with Crippen molar-refractivity contribution in [2.75, 3.05) is 0 Å². The Morgan fingerprint density at radius 1 is 0.271 bits per heavy atom. The van der Waals surface area contributed by atoms with E-state index in [4.69, 9.17) is 0 Å². The van der Waals surface area contributed by atoms with E-state index in [1.807, 2.05) is 12.2 Å². The van der Waals surface area contributed by atoms with Crippen molar-refractivity contribution in [1.82, 2.24) is 0 Å². The molecule has 0 unspecified atom stereocenters. The molecule has 0 aliphatic carbocycles. The van der Waals surface area contributed by atoms with Crippen LogP contribution in [0.25, 0.3) is 89.3 Å². The summed E-state index contributed by atoms with van der Waals surface area (Å²) in [5.41, 5.74) is 14.3. The summed E-state index contributed by atoms with van der Waals surface area (Å²) in [6, 6.07) is 61.6. The van der Waals surface area contributed by atoms with Gasteiger partial charge in [-0.15, -0.1) is 0 Å². The number of fused-ring (bicyclic) bond motifs is 2. The van der Waals surface area contributed by atoms with Gasteiger partial charge in [0.05, 0.1) is 0 Å². The van der Waals surface area contributed by atoms with Crippen LogP contribution in [0, 0.1) is 0 Å². The highest BCUT2D eigenvalue weighted by molar-refractivity contribution is 6.22. The van der Waals surface area contributed by atoms with Gasteiger partial charge in [-0.05, 0) is 100 Å². The Hall–Kier alpha value is -6.24. The van der Waals surface area contributed by atoms with E-state index in [1.54, 1.807) is 0 Å². The van der Waals surface area contributed by atoms with Crippen LogP contribution in [0.5, 0.6) is 0 Å². The molecule has 0 radical (unpaired) electrons. The second-order valence-electron chi connectivity index (χ2n) is 12.2. The molecule has 0 aromatic heterocycles. The summed E-state index contributed by atoms with van der Waals surface area (Å²) in [6.07, 6.45) is 3.80. The van der Waals surface area contributed by atoms with Crippen molar-refractivity contribution in [2.45, 2.75) is 0 Å². The van der Waals surface area contributed by atoms with E-state index >= 15 is 0 Å². The summed E-state index contributed by atoms with van der Waals surface area (Å²) < 4.78 is 0. The van der Waals surface area contributed by atoms with Crippen LogP contribution >= 0.6 is 0 Å². The minimum atomic E-state index is 1.08. The summed E-state index contributed by atoms with van der Waals surface area (Å²) in [6.45, 7) is 8.06. The quantitative estimate of drug-likeness (QED) is 0.158. The van der Waals surface area contributed by atoms with Crippen LogP contribution in [0.2, 0.25) is 0 Å². The van der Waals surface area contributed by atoms with Crippen molar-refractivity contribution < 1.29 is 0 Å². The highest BCUT2D eigenvalue weighted by Gasteiger charge is 2.18. The van der Waals surface area contributed by atoms with E-state index < -0.39 is 0 Å². The Labute approximate surface area is 282 Å². The molecule has 0 fully saturated rings. The van der Waals surface area contributed by atoms with Crippen molar-refractivity contribution in [3.05, 3.63) is 194 Å². The molecule has 0 atom stereocenters. The third-order valence-corrected chi connectivity index (χ3v) is 9.45. The lowest BCUT2D eigenvalue weighted by molar-refractivity contribution is 1.58. The Morgan fingerprint density at radius 3 is 1.17 bits per heavy atom. The molecule has 0 saturated heterocycles. The first-order valence-corrected chi connectivity index (χ1v) is 16.4. The van der Waals surface area contributed by atoms with Crippen molar-refractivity contribution >= 4 is 33.7 Å². The van der Waals surface area contributed by atoms with Gasteiger partial charge < -0.3 is 0 Å². The van der Waals surface area contributed by atoms with Crippen LogP contribution in [0.15, 0.2) is 183 Å². The van der Waals surface area contributed by atoms with Crippen LogP contribution < -0.4 is 0 Å². The normalized spacial score (nSPS) is 11.1. The van der Waals surface area contributed by atoms with Gasteiger partial charge in [-0.1, -0.05) is 183 Å². The standard InChI is InChI=1S/C48H34/c1-3-33-19-28-41(31-34(33)4-2)42-29-30-45-46(32-42)48(40-26-22-38(23-27-40)36-15-9-6-10-16-36)44-18-12-11-17-43(44)47(45)39-24-20-37(21-25-39)35-13-7-5-8-14-35/h3-32H,1-2H2. The lowest BCUT2D eigenvalue weighted by Crippen LogP contribution is -1.92. The lowest BCUT2D eigenvalue weighted by atomic mass is 9.84. The molecule has 0 nitrogen and oxygen atoms in total. The zero-order valence-electron chi connectivity index (χ0n) is 26.7. The summed E-state index contributed by atoms with van der Waals surface area (Å²) in [5, 5.41) is 4.95. The molecule has 0 heterocycles. The zero-order valence-corrected chi connectivity index (χ0v) is 26.7. The maximum Gasteiger partial charge on any atom is -0.00261 e. The highest BCUT2D eigenvalue weighted by Crippen LogP contribution is 2.45. The molecule has 0 saturated carbocycles. The van der Waals surface area contributed by atoms with Gasteiger partial charge in [-0.25, -0.2) is 0 Å². The molecule has 0 heteroatoms. The Morgan fingerprint density at radius 2 is 0.646 bits per heavy atom. The molecule has 48 heavy (non-hydrogen) atoms. The fraction of sp³-hybridized carbons (Fsp3) is 0. The van der Waals surface area contributed by atoms with Crippen molar-refractivity contribution in [3.63, 3.8) is 0 Å². The summed E-state index contributed by atoms with van der Waals surface area (Å²) >= 11 is 0. The average molecular weight is 611 g/mol. The third kappa shape index (κ3) is 5.24.